The van der Waals surface area contributed by atoms with E-state index in [0.29, 0.717) is 0 Å². The molecule has 0 spiro atoms. The highest BCUT2D eigenvalue weighted by Gasteiger charge is 2.05. The minimum absolute atomic E-state index is 0.364. The van der Waals surface area contributed by atoms with Gasteiger partial charge < -0.3 is 5.11 Å². The van der Waals surface area contributed by atoms with Crippen LogP contribution in [0.4, 0.5) is 0 Å². The maximum Gasteiger partial charge on any atom is 0.123 e. The molecule has 0 amide bonds. The highest BCUT2D eigenvalue weighted by atomic mass is 35.5. The van der Waals surface area contributed by atoms with Crippen LogP contribution in [0.2, 0.25) is 5.02 Å². The van der Waals surface area contributed by atoms with Crippen molar-refractivity contribution < 1.29 is 16.1 Å². The molecule has 2 aromatic rings. The molecular formula is C12H9ClO. The van der Waals surface area contributed by atoms with Crippen molar-refractivity contribution in [3.63, 3.8) is 0 Å². The van der Waals surface area contributed by atoms with Gasteiger partial charge in [-0.3, -0.25) is 0 Å². The Morgan fingerprint density at radius 1 is 0.929 bits per heavy atom. The van der Waals surface area contributed by atoms with Gasteiger partial charge in [-0.2, -0.15) is 0 Å². The van der Waals surface area contributed by atoms with Crippen LogP contribution >= 0.6 is 11.6 Å². The summed E-state index contributed by atoms with van der Waals surface area (Å²) in [6.07, 6.45) is 0. The van der Waals surface area contributed by atoms with E-state index in [2.05, 4.69) is 0 Å². The Kier molecular flexibility index (Phi) is 0.956. The molecule has 0 saturated heterocycles. The fourth-order valence-corrected chi connectivity index (χ4v) is 1.15. The summed E-state index contributed by atoms with van der Waals surface area (Å²) >= 11 is 5.92. The molecule has 0 bridgehead atoms. The Morgan fingerprint density at radius 2 is 1.50 bits per heavy atom. The average Bonchev–Trinajstić information content (AvgIpc) is 2.50. The van der Waals surface area contributed by atoms with Crippen molar-refractivity contribution >= 4 is 11.6 Å². The molecule has 0 radical (unpaired) electrons. The maximum atomic E-state index is 10.0. The van der Waals surface area contributed by atoms with Gasteiger partial charge >= 0.3 is 0 Å². The van der Waals surface area contributed by atoms with Crippen LogP contribution < -0.4 is 0 Å². The van der Waals surface area contributed by atoms with E-state index < -0.39 is 64.7 Å². The van der Waals surface area contributed by atoms with Crippen molar-refractivity contribution in [2.75, 3.05) is 0 Å². The topological polar surface area (TPSA) is 20.2 Å². The summed E-state index contributed by atoms with van der Waals surface area (Å²) in [5.41, 5.74) is -0.819. The first-order chi connectivity index (χ1) is 10.1. The summed E-state index contributed by atoms with van der Waals surface area (Å²) in [6, 6.07) is -4.96. The Hall–Kier alpha value is -1.47. The van der Waals surface area contributed by atoms with E-state index in [1.54, 1.807) is 0 Å². The Labute approximate surface area is 98.8 Å². The third-order valence-corrected chi connectivity index (χ3v) is 1.84. The molecule has 0 heterocycles. The Bertz CT molecular complexity index is 679. The Balaban J connectivity index is 3.03. The van der Waals surface area contributed by atoms with Crippen molar-refractivity contribution in [3.05, 3.63) is 53.4 Å². The van der Waals surface area contributed by atoms with Gasteiger partial charge in [-0.15, -0.1) is 0 Å². The normalized spacial score (nSPS) is 18.1. The van der Waals surface area contributed by atoms with E-state index in [9.17, 15) is 5.11 Å². The van der Waals surface area contributed by atoms with Crippen LogP contribution in [-0.4, -0.2) is 5.11 Å². The number of hydrogen-bond donors (Lipinski definition) is 1. The molecule has 0 saturated carbocycles. The van der Waals surface area contributed by atoms with E-state index in [4.69, 9.17) is 22.6 Å². The van der Waals surface area contributed by atoms with Crippen molar-refractivity contribution in [2.24, 2.45) is 0 Å². The SMILES string of the molecule is [2H]c1c([2H])c([2H])c(-c2c([2H])c([2H])c([2H])c([2H])c2Cl)c(O)c1[2H]. The predicted octanol–water partition coefficient (Wildman–Crippen LogP) is 3.71. The van der Waals surface area contributed by atoms with Crippen LogP contribution in [-0.2, 0) is 0 Å². The van der Waals surface area contributed by atoms with Gasteiger partial charge in [0.05, 0.1) is 11.0 Å². The third kappa shape index (κ3) is 1.59. The number of hydrogen-bond acceptors (Lipinski definition) is 1. The van der Waals surface area contributed by atoms with E-state index >= 15 is 0 Å². The summed E-state index contributed by atoms with van der Waals surface area (Å²) in [5, 5.41) is 9.59. The fraction of sp³-hybridized carbons (Fsp3) is 0. The minimum Gasteiger partial charge on any atom is -0.507 e. The molecule has 1 N–H and O–H groups in total. The van der Waals surface area contributed by atoms with Crippen molar-refractivity contribution in [3.8, 4) is 16.9 Å². The second-order valence-electron chi connectivity index (χ2n) is 2.41. The quantitative estimate of drug-likeness (QED) is 0.764. The molecule has 70 valence electrons. The number of benzene rings is 2. The van der Waals surface area contributed by atoms with Crippen molar-refractivity contribution in [2.45, 2.75) is 0 Å². The van der Waals surface area contributed by atoms with Gasteiger partial charge in [0.2, 0.25) is 0 Å². The zero-order valence-corrected chi connectivity index (χ0v) is 7.58. The lowest BCUT2D eigenvalue weighted by atomic mass is 10.1. The van der Waals surface area contributed by atoms with E-state index in [1.807, 2.05) is 0 Å². The first kappa shape index (κ1) is 3.59. The second-order valence-corrected chi connectivity index (χ2v) is 2.79. The number of phenolic OH excluding ortho intramolecular Hbond substituents is 1. The number of phenols is 1. The largest absolute Gasteiger partial charge is 0.507 e. The predicted molar refractivity (Wildman–Crippen MR) is 58.6 cm³/mol. The van der Waals surface area contributed by atoms with Crippen LogP contribution in [0.15, 0.2) is 48.3 Å². The molecule has 2 heteroatoms. The zero-order valence-electron chi connectivity index (χ0n) is 14.8. The second kappa shape index (κ2) is 3.72. The van der Waals surface area contributed by atoms with Gasteiger partial charge in [-0.25, -0.2) is 0 Å². The lowest BCUT2D eigenvalue weighted by molar-refractivity contribution is 0.477. The van der Waals surface area contributed by atoms with Crippen LogP contribution in [0.25, 0.3) is 11.1 Å². The number of halogens is 1. The molecule has 0 fully saturated rings. The molecule has 0 aliphatic heterocycles. The van der Waals surface area contributed by atoms with Gasteiger partial charge in [-0.05, 0) is 12.1 Å². The van der Waals surface area contributed by atoms with Gasteiger partial charge in [-0.1, -0.05) is 47.9 Å². The van der Waals surface area contributed by atoms with Crippen LogP contribution in [0.3, 0.4) is 0 Å². The van der Waals surface area contributed by atoms with Gasteiger partial charge in [0.15, 0.2) is 0 Å². The highest BCUT2D eigenvalue weighted by molar-refractivity contribution is 6.33. The number of rotatable bonds is 1. The lowest BCUT2D eigenvalue weighted by Crippen LogP contribution is -1.79. The Morgan fingerprint density at radius 3 is 2.29 bits per heavy atom. The first-order valence-electron chi connectivity index (χ1n) is 7.66. The fourth-order valence-electron chi connectivity index (χ4n) is 0.956. The van der Waals surface area contributed by atoms with Gasteiger partial charge in [0.1, 0.15) is 5.75 Å². The van der Waals surface area contributed by atoms with E-state index in [0.717, 1.165) is 0 Å². The molecule has 2 rings (SSSR count). The molecule has 0 atom stereocenters. The van der Waals surface area contributed by atoms with E-state index in [1.165, 1.54) is 0 Å². The molecule has 0 aliphatic carbocycles. The smallest absolute Gasteiger partial charge is 0.123 e. The number of aromatic hydroxyl groups is 1. The minimum atomic E-state index is -0.821. The standard InChI is InChI=1S/C12H9ClO/c13-11-7-3-1-5-9(11)10-6-2-4-8-12(10)14/h1-8,14H/i1D,2D,3D,4D,5D,6D,7D,8D. The van der Waals surface area contributed by atoms with Crippen molar-refractivity contribution in [1.82, 2.24) is 0 Å². The maximum absolute atomic E-state index is 10.0. The van der Waals surface area contributed by atoms with Gasteiger partial charge in [0, 0.05) is 16.1 Å². The molecule has 14 heavy (non-hydrogen) atoms. The summed E-state index contributed by atoms with van der Waals surface area (Å²) in [6.45, 7) is 0. The summed E-state index contributed by atoms with van der Waals surface area (Å²) in [4.78, 5) is 0. The molecule has 0 aromatic heterocycles. The molecule has 2 aromatic carbocycles. The van der Waals surface area contributed by atoms with Crippen LogP contribution in [0.1, 0.15) is 11.0 Å². The highest BCUT2D eigenvalue weighted by Crippen LogP contribution is 2.33. The third-order valence-electron chi connectivity index (χ3n) is 1.56. The monoisotopic (exact) mass is 212 g/mol. The average molecular weight is 213 g/mol. The molecular weight excluding hydrogens is 196 g/mol. The van der Waals surface area contributed by atoms with Crippen LogP contribution in [0, 0.1) is 0 Å². The zero-order chi connectivity index (χ0) is 16.9. The summed E-state index contributed by atoms with van der Waals surface area (Å²) < 4.78 is 61.2. The first-order valence-corrected chi connectivity index (χ1v) is 4.04. The molecule has 1 nitrogen and oxygen atoms in total. The summed E-state index contributed by atoms with van der Waals surface area (Å²) in [5.74, 6) is -0.821. The molecule has 0 unspecified atom stereocenters. The number of para-hydroxylation sites is 1. The molecule has 0 aliphatic rings. The lowest BCUT2D eigenvalue weighted by Gasteiger charge is -2.05. The van der Waals surface area contributed by atoms with E-state index in [-0.39, 0.29) is 5.56 Å². The summed E-state index contributed by atoms with van der Waals surface area (Å²) in [7, 11) is 0. The van der Waals surface area contributed by atoms with Crippen LogP contribution in [0.5, 0.6) is 5.75 Å². The van der Waals surface area contributed by atoms with Gasteiger partial charge in [0.25, 0.3) is 0 Å². The van der Waals surface area contributed by atoms with Crippen molar-refractivity contribution in [1.29, 1.82) is 0 Å².